The fourth-order valence-corrected chi connectivity index (χ4v) is 5.55. The van der Waals surface area contributed by atoms with Gasteiger partial charge in [-0.25, -0.2) is 0 Å². The SMILES string of the molecule is CCCCCCCCCCCCCCOCC(O)(OCCCCCCCCCCCCCC)[N+](C)(C)CCC.[Br-]. The molecule has 0 fully saturated rings. The normalized spacial score (nSPS) is 13.3. The molecule has 0 rings (SSSR count). The van der Waals surface area contributed by atoms with Crippen molar-refractivity contribution in [3.05, 3.63) is 0 Å². The second-order valence-electron chi connectivity index (χ2n) is 12.8. The van der Waals surface area contributed by atoms with Crippen LogP contribution in [0.15, 0.2) is 0 Å². The van der Waals surface area contributed by atoms with Gasteiger partial charge < -0.3 is 31.6 Å². The Bertz CT molecular complexity index is 491. The van der Waals surface area contributed by atoms with Gasteiger partial charge in [-0.1, -0.05) is 162 Å². The summed E-state index contributed by atoms with van der Waals surface area (Å²) in [6.45, 7) is 9.19. The van der Waals surface area contributed by atoms with Crippen molar-refractivity contribution in [2.24, 2.45) is 0 Å². The number of unbranched alkanes of at least 4 members (excludes halogenated alkanes) is 22. The monoisotopic (exact) mass is 635 g/mol. The Hall–Kier alpha value is 0.320. The van der Waals surface area contributed by atoms with Crippen LogP contribution in [-0.4, -0.2) is 56.0 Å². The number of halogens is 1. The number of hydrogen-bond donors (Lipinski definition) is 1. The molecule has 0 heterocycles. The molecule has 0 aliphatic heterocycles. The highest BCUT2D eigenvalue weighted by Crippen LogP contribution is 2.23. The van der Waals surface area contributed by atoms with Gasteiger partial charge >= 0.3 is 5.91 Å². The molecule has 0 saturated heterocycles. The van der Waals surface area contributed by atoms with Crippen LogP contribution in [0.4, 0.5) is 0 Å². The molecule has 0 aliphatic rings. The maximum atomic E-state index is 11.5. The van der Waals surface area contributed by atoms with Crippen LogP contribution in [0, 0.1) is 0 Å². The van der Waals surface area contributed by atoms with E-state index in [1.165, 1.54) is 141 Å². The number of nitrogens with zero attached hydrogens (tertiary/aromatic N) is 1. The van der Waals surface area contributed by atoms with Gasteiger partial charge in [0.15, 0.2) is 6.61 Å². The number of aliphatic hydroxyl groups is 1. The second kappa shape index (κ2) is 30.8. The van der Waals surface area contributed by atoms with Crippen LogP contribution in [0.25, 0.3) is 0 Å². The predicted octanol–water partition coefficient (Wildman–Crippen LogP) is 7.56. The van der Waals surface area contributed by atoms with Crippen molar-refractivity contribution in [2.75, 3.05) is 40.5 Å². The third-order valence-electron chi connectivity index (χ3n) is 8.49. The Morgan fingerprint density at radius 3 is 1.15 bits per heavy atom. The number of ether oxygens (including phenoxy) is 2. The highest BCUT2D eigenvalue weighted by atomic mass is 79.9. The van der Waals surface area contributed by atoms with Crippen LogP contribution in [0.2, 0.25) is 0 Å². The molecule has 40 heavy (non-hydrogen) atoms. The summed E-state index contributed by atoms with van der Waals surface area (Å²) in [7, 11) is 4.14. The molecule has 0 bridgehead atoms. The van der Waals surface area contributed by atoms with Crippen molar-refractivity contribution >= 4 is 0 Å². The highest BCUT2D eigenvalue weighted by Gasteiger charge is 2.45. The summed E-state index contributed by atoms with van der Waals surface area (Å²) in [4.78, 5) is 0. The zero-order chi connectivity index (χ0) is 28.9. The molecule has 0 saturated carbocycles. The van der Waals surface area contributed by atoms with Crippen molar-refractivity contribution in [2.45, 2.75) is 187 Å². The van der Waals surface area contributed by atoms with Crippen LogP contribution >= 0.6 is 0 Å². The first kappa shape index (κ1) is 42.5. The topological polar surface area (TPSA) is 38.7 Å². The van der Waals surface area contributed by atoms with E-state index in [1.54, 1.807) is 0 Å². The molecule has 1 atom stereocenters. The number of quaternary nitrogens is 1. The van der Waals surface area contributed by atoms with E-state index >= 15 is 0 Å². The maximum absolute atomic E-state index is 11.5. The Labute approximate surface area is 263 Å². The summed E-state index contributed by atoms with van der Waals surface area (Å²) in [6.07, 6.45) is 33.1. The summed E-state index contributed by atoms with van der Waals surface area (Å²) in [6, 6.07) is 0. The molecule has 1 unspecified atom stereocenters. The van der Waals surface area contributed by atoms with Crippen LogP contribution in [-0.2, 0) is 9.47 Å². The zero-order valence-electron chi connectivity index (χ0n) is 28.1. The van der Waals surface area contributed by atoms with Gasteiger partial charge in [0.1, 0.15) is 0 Å². The standard InChI is InChI=1S/C35H74NO3.BrH/c1-6-9-11-13-15-17-19-21-23-25-27-29-32-38-34-35(37,36(4,5)31-8-3)39-33-30-28-26-24-22-20-18-16-14-12-10-7-2;/h37H,6-34H2,1-5H3;1H/q+1;/p-1. The summed E-state index contributed by atoms with van der Waals surface area (Å²) < 4.78 is 12.6. The van der Waals surface area contributed by atoms with Crippen molar-refractivity contribution in [1.82, 2.24) is 0 Å². The van der Waals surface area contributed by atoms with Gasteiger partial charge in [0.05, 0.1) is 27.2 Å². The molecule has 0 radical (unpaired) electrons. The molecule has 0 aromatic carbocycles. The van der Waals surface area contributed by atoms with Crippen LogP contribution in [0.3, 0.4) is 0 Å². The molecule has 0 aromatic heterocycles. The van der Waals surface area contributed by atoms with Gasteiger partial charge in [0.2, 0.25) is 0 Å². The van der Waals surface area contributed by atoms with E-state index in [0.29, 0.717) is 17.7 Å². The van der Waals surface area contributed by atoms with Crippen LogP contribution in [0.1, 0.15) is 181 Å². The largest absolute Gasteiger partial charge is 1.00 e. The molecule has 244 valence electrons. The molecule has 0 aliphatic carbocycles. The van der Waals surface area contributed by atoms with E-state index in [0.717, 1.165) is 25.8 Å². The minimum absolute atomic E-state index is 0. The molecule has 0 spiro atoms. The number of likely N-dealkylation sites (N-methyl/N-ethyl adjacent to an activating group) is 1. The summed E-state index contributed by atoms with van der Waals surface area (Å²) in [5, 5.41) is 11.5. The lowest BCUT2D eigenvalue weighted by atomic mass is 10.1. The lowest BCUT2D eigenvalue weighted by Gasteiger charge is -2.43. The molecule has 0 aromatic rings. The van der Waals surface area contributed by atoms with Crippen molar-refractivity contribution in [1.29, 1.82) is 0 Å². The molecular weight excluding hydrogens is 562 g/mol. The van der Waals surface area contributed by atoms with E-state index in [4.69, 9.17) is 9.47 Å². The smallest absolute Gasteiger partial charge is 0.340 e. The predicted molar refractivity (Wildman–Crippen MR) is 171 cm³/mol. The first-order chi connectivity index (χ1) is 18.9. The molecule has 5 heteroatoms. The van der Waals surface area contributed by atoms with Gasteiger partial charge in [-0.05, 0) is 19.3 Å². The van der Waals surface area contributed by atoms with E-state index < -0.39 is 5.91 Å². The summed E-state index contributed by atoms with van der Waals surface area (Å²) >= 11 is 0. The van der Waals surface area contributed by atoms with Crippen molar-refractivity contribution in [3.63, 3.8) is 0 Å². The average molecular weight is 637 g/mol. The average Bonchev–Trinajstić information content (AvgIpc) is 2.91. The second-order valence-corrected chi connectivity index (χ2v) is 12.8. The highest BCUT2D eigenvalue weighted by molar-refractivity contribution is 4.57. The van der Waals surface area contributed by atoms with Gasteiger partial charge in [-0.15, -0.1) is 0 Å². The number of rotatable bonds is 32. The van der Waals surface area contributed by atoms with E-state index in [9.17, 15) is 5.11 Å². The van der Waals surface area contributed by atoms with E-state index in [-0.39, 0.29) is 23.6 Å². The van der Waals surface area contributed by atoms with Gasteiger partial charge in [-0.3, -0.25) is 4.48 Å². The van der Waals surface area contributed by atoms with Crippen LogP contribution < -0.4 is 17.0 Å². The third-order valence-corrected chi connectivity index (χ3v) is 8.49. The molecule has 1 N–H and O–H groups in total. The minimum atomic E-state index is -1.26. The molecule has 4 nitrogen and oxygen atoms in total. The van der Waals surface area contributed by atoms with E-state index in [2.05, 4.69) is 34.9 Å². The Morgan fingerprint density at radius 2 is 0.800 bits per heavy atom. The summed E-state index contributed by atoms with van der Waals surface area (Å²) in [5.41, 5.74) is 0. The van der Waals surface area contributed by atoms with Crippen molar-refractivity contribution in [3.8, 4) is 0 Å². The number of hydrogen-bond acceptors (Lipinski definition) is 3. The first-order valence-corrected chi connectivity index (χ1v) is 17.7. The Balaban J connectivity index is 0. The lowest BCUT2D eigenvalue weighted by Crippen LogP contribution is -3.00. The Kier molecular flexibility index (Phi) is 32.7. The molecule has 0 amide bonds. The quantitative estimate of drug-likeness (QED) is 0.0471. The Morgan fingerprint density at radius 1 is 0.475 bits per heavy atom. The summed E-state index contributed by atoms with van der Waals surface area (Å²) in [5.74, 6) is -1.26. The maximum Gasteiger partial charge on any atom is 0.340 e. The van der Waals surface area contributed by atoms with Crippen LogP contribution in [0.5, 0.6) is 0 Å². The zero-order valence-corrected chi connectivity index (χ0v) is 29.7. The van der Waals surface area contributed by atoms with Gasteiger partial charge in [0.25, 0.3) is 0 Å². The minimum Gasteiger partial charge on any atom is -1.00 e. The van der Waals surface area contributed by atoms with Crippen molar-refractivity contribution < 1.29 is 36.0 Å². The van der Waals surface area contributed by atoms with Gasteiger partial charge in [0, 0.05) is 6.61 Å². The third kappa shape index (κ3) is 24.9. The van der Waals surface area contributed by atoms with Gasteiger partial charge in [-0.2, -0.15) is 0 Å². The fraction of sp³-hybridized carbons (Fsp3) is 1.00. The lowest BCUT2D eigenvalue weighted by molar-refractivity contribution is -0.996. The fourth-order valence-electron chi connectivity index (χ4n) is 5.55. The molecular formula is C35H74BrNO3. The van der Waals surface area contributed by atoms with E-state index in [1.807, 2.05) is 0 Å². The first-order valence-electron chi connectivity index (χ1n) is 17.7.